The maximum absolute atomic E-state index is 12.9. The Kier molecular flexibility index (Phi) is 7.67. The summed E-state index contributed by atoms with van der Waals surface area (Å²) in [7, 11) is -3.48. The molecule has 3 rings (SSSR count). The minimum atomic E-state index is -3.48. The summed E-state index contributed by atoms with van der Waals surface area (Å²) in [5.74, 6) is 0.428. The second kappa shape index (κ2) is 10.0. The highest BCUT2D eigenvalue weighted by atomic mass is 32.2. The monoisotopic (exact) mass is 424 g/mol. The molecule has 2 heterocycles. The summed E-state index contributed by atoms with van der Waals surface area (Å²) >= 11 is 0. The zero-order chi connectivity index (χ0) is 20.9. The van der Waals surface area contributed by atoms with Crippen LogP contribution in [-0.2, 0) is 19.6 Å². The van der Waals surface area contributed by atoms with Gasteiger partial charge in [-0.25, -0.2) is 8.42 Å². The fourth-order valence-electron chi connectivity index (χ4n) is 3.90. The molecule has 2 aliphatic heterocycles. The molecular formula is C21H34N3O4S+. The topological polar surface area (TPSA) is 80.2 Å². The predicted molar refractivity (Wildman–Crippen MR) is 111 cm³/mol. The van der Waals surface area contributed by atoms with E-state index in [4.69, 9.17) is 4.74 Å². The van der Waals surface area contributed by atoms with Crippen molar-refractivity contribution in [1.29, 1.82) is 0 Å². The number of quaternary nitrogens is 1. The fourth-order valence-corrected chi connectivity index (χ4v) is 5.34. The smallest absolute Gasteiger partial charge is 0.275 e. The van der Waals surface area contributed by atoms with Crippen molar-refractivity contribution in [3.63, 3.8) is 0 Å². The second-order valence-electron chi connectivity index (χ2n) is 8.15. The first-order chi connectivity index (χ1) is 13.9. The van der Waals surface area contributed by atoms with E-state index in [0.29, 0.717) is 50.1 Å². The van der Waals surface area contributed by atoms with Gasteiger partial charge >= 0.3 is 0 Å². The highest BCUT2D eigenvalue weighted by Crippen LogP contribution is 2.22. The Hall–Kier alpha value is -1.48. The van der Waals surface area contributed by atoms with Gasteiger partial charge in [0.15, 0.2) is 6.54 Å². The Morgan fingerprint density at radius 2 is 1.97 bits per heavy atom. The molecular weight excluding hydrogens is 390 g/mol. The quantitative estimate of drug-likeness (QED) is 0.633. The number of nitrogens with zero attached hydrogens (tertiary/aromatic N) is 1. The minimum Gasteiger partial charge on any atom is -0.376 e. The van der Waals surface area contributed by atoms with E-state index in [1.165, 1.54) is 0 Å². The summed E-state index contributed by atoms with van der Waals surface area (Å²) in [4.78, 5) is 13.6. The molecule has 1 amide bonds. The fraction of sp³-hybridized carbons (Fsp3) is 0.667. The van der Waals surface area contributed by atoms with Crippen molar-refractivity contribution < 1.29 is 22.8 Å². The summed E-state index contributed by atoms with van der Waals surface area (Å²) < 4.78 is 32.9. The number of rotatable bonds is 8. The van der Waals surface area contributed by atoms with Crippen LogP contribution in [0.2, 0.25) is 0 Å². The number of carbonyl (C=O) groups excluding carboxylic acids is 1. The van der Waals surface area contributed by atoms with E-state index in [-0.39, 0.29) is 12.0 Å². The Bertz CT molecular complexity index is 768. The minimum absolute atomic E-state index is 0.00689. The van der Waals surface area contributed by atoms with E-state index < -0.39 is 10.0 Å². The third-order valence-electron chi connectivity index (χ3n) is 6.09. The summed E-state index contributed by atoms with van der Waals surface area (Å²) in [6, 6.07) is 7.27. The zero-order valence-corrected chi connectivity index (χ0v) is 18.3. The Morgan fingerprint density at radius 3 is 2.55 bits per heavy atom. The Morgan fingerprint density at radius 1 is 1.28 bits per heavy atom. The van der Waals surface area contributed by atoms with Crippen LogP contribution in [0.25, 0.3) is 0 Å². The van der Waals surface area contributed by atoms with Crippen LogP contribution in [0.4, 0.5) is 0 Å². The van der Waals surface area contributed by atoms with Gasteiger partial charge in [0.2, 0.25) is 10.0 Å². The van der Waals surface area contributed by atoms with Crippen LogP contribution in [0.5, 0.6) is 0 Å². The van der Waals surface area contributed by atoms with E-state index in [2.05, 4.69) is 19.2 Å². The molecule has 0 saturated carbocycles. The lowest BCUT2D eigenvalue weighted by molar-refractivity contribution is -0.895. The van der Waals surface area contributed by atoms with Gasteiger partial charge in [-0.2, -0.15) is 4.31 Å². The zero-order valence-electron chi connectivity index (χ0n) is 17.5. The molecule has 2 aliphatic rings. The number of carbonyl (C=O) groups is 1. The first kappa shape index (κ1) is 22.2. The van der Waals surface area contributed by atoms with Crippen molar-refractivity contribution in [2.24, 2.45) is 0 Å². The summed E-state index contributed by atoms with van der Waals surface area (Å²) in [6.45, 7) is 8.14. The highest BCUT2D eigenvalue weighted by Gasteiger charge is 2.31. The van der Waals surface area contributed by atoms with Crippen molar-refractivity contribution in [3.05, 3.63) is 29.8 Å². The van der Waals surface area contributed by atoms with Gasteiger partial charge in [0.25, 0.3) is 5.91 Å². The maximum atomic E-state index is 12.9. The lowest BCUT2D eigenvalue weighted by atomic mass is 9.99. The molecule has 162 valence electrons. The van der Waals surface area contributed by atoms with E-state index in [9.17, 15) is 13.2 Å². The van der Waals surface area contributed by atoms with Gasteiger partial charge in [0, 0.05) is 13.2 Å². The number of piperazine rings is 1. The molecule has 8 heteroatoms. The molecule has 7 nitrogen and oxygen atoms in total. The second-order valence-corrected chi connectivity index (χ2v) is 10.1. The van der Waals surface area contributed by atoms with E-state index in [1.54, 1.807) is 16.4 Å². The predicted octanol–water partition coefficient (Wildman–Crippen LogP) is 0.385. The van der Waals surface area contributed by atoms with Crippen molar-refractivity contribution in [2.45, 2.75) is 50.0 Å². The molecule has 1 aromatic carbocycles. The molecule has 0 unspecified atom stereocenters. The highest BCUT2D eigenvalue weighted by molar-refractivity contribution is 7.89. The first-order valence-electron chi connectivity index (χ1n) is 10.7. The molecule has 0 aromatic heterocycles. The number of amides is 1. The lowest BCUT2D eigenvalue weighted by Gasteiger charge is -2.31. The molecule has 0 radical (unpaired) electrons. The van der Waals surface area contributed by atoms with E-state index in [1.807, 2.05) is 12.1 Å². The van der Waals surface area contributed by atoms with E-state index in [0.717, 1.165) is 36.3 Å². The van der Waals surface area contributed by atoms with Crippen LogP contribution in [0.3, 0.4) is 0 Å². The largest absolute Gasteiger partial charge is 0.376 e. The Labute approximate surface area is 174 Å². The molecule has 2 saturated heterocycles. The number of benzene rings is 1. The maximum Gasteiger partial charge on any atom is 0.275 e. The van der Waals surface area contributed by atoms with Crippen LogP contribution in [0, 0.1) is 0 Å². The Balaban J connectivity index is 1.48. The van der Waals surface area contributed by atoms with Crippen LogP contribution < -0.4 is 10.2 Å². The van der Waals surface area contributed by atoms with Crippen molar-refractivity contribution in [3.8, 4) is 0 Å². The molecule has 1 aromatic rings. The number of sulfonamides is 1. The molecule has 29 heavy (non-hydrogen) atoms. The molecule has 2 atom stereocenters. The normalized spacial score (nSPS) is 22.5. The van der Waals surface area contributed by atoms with Crippen LogP contribution in [0.15, 0.2) is 29.2 Å². The van der Waals surface area contributed by atoms with Gasteiger partial charge < -0.3 is 15.0 Å². The SMILES string of the molecule is CC[C@@H](C)c1ccc(S(=O)(=O)N2CC[NH+](CC(=O)NC[C@H]3CCCO3)CC2)cc1. The molecule has 2 N–H and O–H groups in total. The number of hydrogen-bond acceptors (Lipinski definition) is 4. The van der Waals surface area contributed by atoms with Gasteiger partial charge in [-0.05, 0) is 42.9 Å². The molecule has 2 fully saturated rings. The van der Waals surface area contributed by atoms with Gasteiger partial charge in [0.1, 0.15) is 0 Å². The van der Waals surface area contributed by atoms with Gasteiger partial charge in [-0.1, -0.05) is 26.0 Å². The summed E-state index contributed by atoms with van der Waals surface area (Å²) in [6.07, 6.45) is 3.23. The standard InChI is InChI=1S/C21H33N3O4S/c1-3-17(2)18-6-8-20(9-7-18)29(26,27)24-12-10-23(11-13-24)16-21(25)22-15-19-5-4-14-28-19/h6-9,17,19H,3-5,10-16H2,1-2H3,(H,22,25)/p+1/t17-,19-/m1/s1. The number of hydrogen-bond donors (Lipinski definition) is 2. The average molecular weight is 425 g/mol. The van der Waals surface area contributed by atoms with Crippen LogP contribution in [0.1, 0.15) is 44.6 Å². The van der Waals surface area contributed by atoms with Gasteiger partial charge in [0.05, 0.1) is 37.2 Å². The van der Waals surface area contributed by atoms with Gasteiger partial charge in [-0.15, -0.1) is 0 Å². The molecule has 0 spiro atoms. The lowest BCUT2D eigenvalue weighted by Crippen LogP contribution is -3.15. The average Bonchev–Trinajstić information content (AvgIpc) is 3.26. The van der Waals surface area contributed by atoms with Gasteiger partial charge in [-0.3, -0.25) is 4.79 Å². The van der Waals surface area contributed by atoms with Crippen molar-refractivity contribution >= 4 is 15.9 Å². The number of nitrogens with one attached hydrogen (secondary N) is 2. The number of ether oxygens (including phenoxy) is 1. The van der Waals surface area contributed by atoms with Crippen molar-refractivity contribution in [2.75, 3.05) is 45.9 Å². The van der Waals surface area contributed by atoms with Crippen LogP contribution >= 0.6 is 0 Å². The van der Waals surface area contributed by atoms with Crippen molar-refractivity contribution in [1.82, 2.24) is 9.62 Å². The summed E-state index contributed by atoms with van der Waals surface area (Å²) in [5, 5.41) is 2.94. The molecule has 0 bridgehead atoms. The van der Waals surface area contributed by atoms with Crippen LogP contribution in [-0.4, -0.2) is 70.6 Å². The summed E-state index contributed by atoms with van der Waals surface area (Å²) in [5.41, 5.74) is 1.16. The van der Waals surface area contributed by atoms with E-state index >= 15 is 0 Å². The first-order valence-corrected chi connectivity index (χ1v) is 12.2. The third kappa shape index (κ3) is 5.78. The third-order valence-corrected chi connectivity index (χ3v) is 8.00. The molecule has 0 aliphatic carbocycles.